The number of benzene rings is 1. The van der Waals surface area contributed by atoms with Crippen LogP contribution >= 0.6 is 0 Å². The smallest absolute Gasteiger partial charge is 0.252 e. The summed E-state index contributed by atoms with van der Waals surface area (Å²) in [5, 5.41) is 18.9. The van der Waals surface area contributed by atoms with Gasteiger partial charge in [-0.2, -0.15) is 5.10 Å². The molecule has 1 unspecified atom stereocenters. The molecule has 1 saturated carbocycles. The van der Waals surface area contributed by atoms with E-state index in [2.05, 4.69) is 15.4 Å². The van der Waals surface area contributed by atoms with Crippen molar-refractivity contribution >= 4 is 10.9 Å². The first-order valence-corrected chi connectivity index (χ1v) is 9.21. The van der Waals surface area contributed by atoms with E-state index in [-0.39, 0.29) is 11.6 Å². The zero-order valence-electron chi connectivity index (χ0n) is 15.3. The van der Waals surface area contributed by atoms with E-state index in [4.69, 9.17) is 4.74 Å². The van der Waals surface area contributed by atoms with E-state index in [0.717, 1.165) is 30.3 Å². The number of ether oxygens (including phenoxy) is 1. The van der Waals surface area contributed by atoms with Gasteiger partial charge in [-0.25, -0.2) is 0 Å². The molecule has 0 amide bonds. The maximum Gasteiger partial charge on any atom is 0.252 e. The lowest BCUT2D eigenvalue weighted by Crippen LogP contribution is -2.36. The Labute approximate surface area is 157 Å². The lowest BCUT2D eigenvalue weighted by molar-refractivity contribution is 0.145. The Bertz CT molecular complexity index is 967. The quantitative estimate of drug-likeness (QED) is 0.615. The fourth-order valence-corrected chi connectivity index (χ4v) is 3.88. The molecule has 7 nitrogen and oxygen atoms in total. The second kappa shape index (κ2) is 7.54. The monoisotopic (exact) mass is 368 g/mol. The van der Waals surface area contributed by atoms with Crippen molar-refractivity contribution in [3.63, 3.8) is 0 Å². The molecule has 1 aliphatic rings. The maximum absolute atomic E-state index is 12.4. The number of pyridine rings is 1. The number of H-pyrrole nitrogens is 1. The van der Waals surface area contributed by atoms with E-state index < -0.39 is 6.10 Å². The number of fused-ring (bicyclic) bond motifs is 1. The Balaban J connectivity index is 1.42. The van der Waals surface area contributed by atoms with Crippen LogP contribution in [-0.2, 0) is 13.1 Å². The minimum Gasteiger partial charge on any atom is -0.497 e. The summed E-state index contributed by atoms with van der Waals surface area (Å²) in [4.78, 5) is 15.3. The predicted molar refractivity (Wildman–Crippen MR) is 103 cm³/mol. The molecule has 0 bridgehead atoms. The minimum absolute atomic E-state index is 0.0171. The van der Waals surface area contributed by atoms with Crippen molar-refractivity contribution in [2.45, 2.75) is 38.1 Å². The summed E-state index contributed by atoms with van der Waals surface area (Å²) in [6.45, 7) is 1.23. The molecule has 1 fully saturated rings. The lowest BCUT2D eigenvalue weighted by atomic mass is 10.1. The number of hydrogen-bond acceptors (Lipinski definition) is 5. The van der Waals surface area contributed by atoms with Crippen molar-refractivity contribution in [2.24, 2.45) is 5.92 Å². The summed E-state index contributed by atoms with van der Waals surface area (Å²) in [6, 6.07) is 9.40. The Kier molecular flexibility index (Phi) is 4.96. The van der Waals surface area contributed by atoms with Crippen molar-refractivity contribution in [1.82, 2.24) is 20.1 Å². The first-order chi connectivity index (χ1) is 13.1. The standard InChI is InChI=1S/C20H24N4O3/c1-27-16-4-3-14-9-15(20(26)23-17(14)10-16)11-21-18-7-13(8-19(18)25)12-24-6-2-5-22-24/h2-6,9-10,13,18-19,21,25H,7-8,11-12H2,1H3,(H,23,26)/t13?,18-,19-/m1/s1. The van der Waals surface area contributed by atoms with Crippen LogP contribution in [0.15, 0.2) is 47.5 Å². The highest BCUT2D eigenvalue weighted by molar-refractivity contribution is 5.80. The first-order valence-electron chi connectivity index (χ1n) is 9.21. The number of aromatic amines is 1. The van der Waals surface area contributed by atoms with Crippen molar-refractivity contribution in [1.29, 1.82) is 0 Å². The Morgan fingerprint density at radius 1 is 1.37 bits per heavy atom. The number of nitrogens with one attached hydrogen (secondary N) is 2. The summed E-state index contributed by atoms with van der Waals surface area (Å²) in [6.07, 6.45) is 4.91. The summed E-state index contributed by atoms with van der Waals surface area (Å²) in [5.74, 6) is 1.08. The number of hydrogen-bond donors (Lipinski definition) is 3. The van der Waals surface area contributed by atoms with Gasteiger partial charge in [0.05, 0.1) is 18.7 Å². The highest BCUT2D eigenvalue weighted by atomic mass is 16.5. The van der Waals surface area contributed by atoms with Crippen LogP contribution in [-0.4, -0.2) is 39.1 Å². The average Bonchev–Trinajstić information content (AvgIpc) is 3.29. The third-order valence-electron chi connectivity index (χ3n) is 5.32. The number of aliphatic hydroxyl groups excluding tert-OH is 1. The first kappa shape index (κ1) is 17.8. The molecular formula is C20H24N4O3. The maximum atomic E-state index is 12.4. The highest BCUT2D eigenvalue weighted by Gasteiger charge is 2.32. The molecule has 3 aromatic rings. The minimum atomic E-state index is -0.408. The van der Waals surface area contributed by atoms with Gasteiger partial charge in [0.15, 0.2) is 0 Å². The van der Waals surface area contributed by atoms with Crippen LogP contribution in [0.5, 0.6) is 5.75 Å². The van der Waals surface area contributed by atoms with Crippen LogP contribution in [0.2, 0.25) is 0 Å². The molecule has 1 aromatic carbocycles. The van der Waals surface area contributed by atoms with E-state index in [1.54, 1.807) is 13.3 Å². The van der Waals surface area contributed by atoms with Crippen molar-refractivity contribution in [3.8, 4) is 5.75 Å². The predicted octanol–water partition coefficient (Wildman–Crippen LogP) is 1.66. The number of aromatic nitrogens is 3. The Morgan fingerprint density at radius 2 is 2.26 bits per heavy atom. The topological polar surface area (TPSA) is 92.2 Å². The number of rotatable bonds is 6. The van der Waals surface area contributed by atoms with Crippen molar-refractivity contribution in [3.05, 3.63) is 58.6 Å². The van der Waals surface area contributed by atoms with Gasteiger partial charge in [-0.1, -0.05) is 0 Å². The Morgan fingerprint density at radius 3 is 3.04 bits per heavy atom. The van der Waals surface area contributed by atoms with Crippen LogP contribution in [0.3, 0.4) is 0 Å². The Hall–Kier alpha value is -2.64. The molecule has 2 aromatic heterocycles. The molecule has 3 atom stereocenters. The molecule has 3 N–H and O–H groups in total. The largest absolute Gasteiger partial charge is 0.497 e. The van der Waals surface area contributed by atoms with Crippen LogP contribution in [0, 0.1) is 5.92 Å². The van der Waals surface area contributed by atoms with E-state index in [1.807, 2.05) is 41.2 Å². The van der Waals surface area contributed by atoms with Gasteiger partial charge in [0.25, 0.3) is 5.56 Å². The normalized spacial score (nSPS) is 22.4. The van der Waals surface area contributed by atoms with Gasteiger partial charge in [0.2, 0.25) is 0 Å². The SMILES string of the molecule is COc1ccc2cc(CN[C@@H]3CC(Cn4cccn4)C[C@H]3O)c(=O)[nH]c2c1. The number of nitrogens with zero attached hydrogens (tertiary/aromatic N) is 2. The lowest BCUT2D eigenvalue weighted by Gasteiger charge is -2.16. The van der Waals surface area contributed by atoms with Gasteiger partial charge < -0.3 is 20.1 Å². The fourth-order valence-electron chi connectivity index (χ4n) is 3.88. The third-order valence-corrected chi connectivity index (χ3v) is 5.32. The molecule has 0 radical (unpaired) electrons. The van der Waals surface area contributed by atoms with Crippen LogP contribution in [0.4, 0.5) is 0 Å². The van der Waals surface area contributed by atoms with E-state index >= 15 is 0 Å². The van der Waals surface area contributed by atoms with Crippen molar-refractivity contribution < 1.29 is 9.84 Å². The van der Waals surface area contributed by atoms with Crippen LogP contribution in [0.25, 0.3) is 10.9 Å². The molecule has 27 heavy (non-hydrogen) atoms. The second-order valence-corrected chi connectivity index (χ2v) is 7.20. The van der Waals surface area contributed by atoms with Gasteiger partial charge in [-0.05, 0) is 48.4 Å². The second-order valence-electron chi connectivity index (χ2n) is 7.20. The van der Waals surface area contributed by atoms with E-state index in [0.29, 0.717) is 23.8 Å². The molecule has 0 aliphatic heterocycles. The summed E-state index contributed by atoms with van der Waals surface area (Å²) >= 11 is 0. The molecule has 142 valence electrons. The van der Waals surface area contributed by atoms with E-state index in [1.165, 1.54) is 0 Å². The number of aliphatic hydroxyl groups is 1. The van der Waals surface area contributed by atoms with Crippen molar-refractivity contribution in [2.75, 3.05) is 7.11 Å². The van der Waals surface area contributed by atoms with Crippen LogP contribution < -0.4 is 15.6 Å². The van der Waals surface area contributed by atoms with E-state index in [9.17, 15) is 9.90 Å². The summed E-state index contributed by atoms with van der Waals surface area (Å²) < 4.78 is 7.10. The van der Waals surface area contributed by atoms with Gasteiger partial charge in [-0.3, -0.25) is 9.48 Å². The molecule has 0 saturated heterocycles. The van der Waals surface area contributed by atoms with Crippen LogP contribution in [0.1, 0.15) is 18.4 Å². The van der Waals surface area contributed by atoms with Gasteiger partial charge in [0.1, 0.15) is 5.75 Å². The molecule has 0 spiro atoms. The number of methoxy groups -OCH3 is 1. The van der Waals surface area contributed by atoms with Gasteiger partial charge in [-0.15, -0.1) is 0 Å². The fraction of sp³-hybridized carbons (Fsp3) is 0.400. The molecule has 7 heteroatoms. The third kappa shape index (κ3) is 3.89. The highest BCUT2D eigenvalue weighted by Crippen LogP contribution is 2.27. The van der Waals surface area contributed by atoms with Gasteiger partial charge >= 0.3 is 0 Å². The zero-order valence-corrected chi connectivity index (χ0v) is 15.3. The average molecular weight is 368 g/mol. The summed E-state index contributed by atoms with van der Waals surface area (Å²) in [5.41, 5.74) is 1.29. The molecular weight excluding hydrogens is 344 g/mol. The molecule has 2 heterocycles. The summed E-state index contributed by atoms with van der Waals surface area (Å²) in [7, 11) is 1.60. The molecule has 4 rings (SSSR count). The molecule has 1 aliphatic carbocycles. The zero-order chi connectivity index (χ0) is 18.8. The van der Waals surface area contributed by atoms with Gasteiger partial charge in [0, 0.05) is 43.2 Å².